The van der Waals surface area contributed by atoms with E-state index < -0.39 is 61.5 Å². The number of carbonyl (C=O) groups excluding carboxylic acids is 4. The molecule has 0 aliphatic carbocycles. The van der Waals surface area contributed by atoms with E-state index in [0.717, 1.165) is 18.2 Å². The van der Waals surface area contributed by atoms with E-state index >= 15 is 0 Å². The number of carboxylic acids is 1. The first-order valence-electron chi connectivity index (χ1n) is 18.1. The summed E-state index contributed by atoms with van der Waals surface area (Å²) in [6.07, 6.45) is -1.24. The van der Waals surface area contributed by atoms with Gasteiger partial charge in [-0.1, -0.05) is 91.0 Å². The molecule has 55 heavy (non-hydrogen) atoms. The van der Waals surface area contributed by atoms with Crippen LogP contribution in [0.1, 0.15) is 55.7 Å². The van der Waals surface area contributed by atoms with Gasteiger partial charge in [0.2, 0.25) is 5.91 Å². The second-order valence-electron chi connectivity index (χ2n) is 13.0. The number of carbonyl (C=O) groups is 5. The summed E-state index contributed by atoms with van der Waals surface area (Å²) in [7, 11) is -3.23. The quantitative estimate of drug-likeness (QED) is 0.0848. The van der Waals surface area contributed by atoms with Crippen molar-refractivity contribution >= 4 is 37.6 Å². The molecule has 1 fully saturated rings. The number of nitrogens with zero attached hydrogens (tertiary/aromatic N) is 1. The molecular formula is C39H49N4O11P. The molecule has 1 saturated heterocycles. The van der Waals surface area contributed by atoms with E-state index in [4.69, 9.17) is 18.5 Å². The molecule has 1 aliphatic rings. The zero-order valence-corrected chi connectivity index (χ0v) is 31.9. The van der Waals surface area contributed by atoms with E-state index in [2.05, 4.69) is 16.0 Å². The summed E-state index contributed by atoms with van der Waals surface area (Å²) in [5.41, 5.74) is 2.23. The van der Waals surface area contributed by atoms with Gasteiger partial charge in [-0.05, 0) is 55.7 Å². The Labute approximate surface area is 320 Å². The number of rotatable bonds is 20. The topological polar surface area (TPSA) is 199 Å². The Hall–Kier alpha value is -5.24. The lowest BCUT2D eigenvalue weighted by Crippen LogP contribution is -2.51. The fourth-order valence-electron chi connectivity index (χ4n) is 5.99. The first-order valence-corrected chi connectivity index (χ1v) is 19.7. The summed E-state index contributed by atoms with van der Waals surface area (Å²) in [4.78, 5) is 65.5. The molecule has 0 radical (unpaired) electrons. The van der Waals surface area contributed by atoms with Crippen LogP contribution in [-0.2, 0) is 57.1 Å². The molecule has 3 aromatic carbocycles. The molecule has 16 heteroatoms. The fourth-order valence-corrected chi connectivity index (χ4v) is 7.73. The average molecular weight is 781 g/mol. The number of benzene rings is 3. The van der Waals surface area contributed by atoms with Crippen LogP contribution in [0.2, 0.25) is 0 Å². The van der Waals surface area contributed by atoms with Crippen LogP contribution in [0.4, 0.5) is 9.59 Å². The molecule has 4 rings (SSSR count). The average Bonchev–Trinajstić information content (AvgIpc) is 3.70. The van der Waals surface area contributed by atoms with Gasteiger partial charge in [0.05, 0.1) is 0 Å². The standard InChI is InChI=1S/C39H49N4O11P/c1-28(36(45)43-24-14-22-33(43)37(46)47)54-55(50,51-2)34(25-29-15-6-3-7-16-29)42-35(44)32(41-39(49)53-27-31-19-10-5-11-20-31)21-12-13-23-40-38(48)52-26-30-17-8-4-9-18-30/h3-11,15-20,28,32-34H,12-14,21-27H2,1-2H3,(H,40,48)(H,41,49)(H,42,44)(H,46,47)/t28-,32-,33-,34?,55?/m0/s1. The van der Waals surface area contributed by atoms with Gasteiger partial charge >= 0.3 is 25.8 Å². The van der Waals surface area contributed by atoms with Crippen LogP contribution in [0.25, 0.3) is 0 Å². The SMILES string of the molecule is COP(=O)(O[C@@H](C)C(=O)N1CCC[C@H]1C(=O)O)C(Cc1ccccc1)NC(=O)[C@H](CCCCNC(=O)OCc1ccccc1)NC(=O)OCc1ccccc1. The largest absolute Gasteiger partial charge is 0.480 e. The van der Waals surface area contributed by atoms with Crippen LogP contribution < -0.4 is 16.0 Å². The number of nitrogens with one attached hydrogen (secondary N) is 3. The van der Waals surface area contributed by atoms with Crippen molar-refractivity contribution in [2.75, 3.05) is 20.2 Å². The van der Waals surface area contributed by atoms with Crippen LogP contribution >= 0.6 is 7.60 Å². The Morgan fingerprint density at radius 2 is 1.38 bits per heavy atom. The van der Waals surface area contributed by atoms with Crippen molar-refractivity contribution in [3.8, 4) is 0 Å². The van der Waals surface area contributed by atoms with Gasteiger partial charge in [0.15, 0.2) is 0 Å². The molecular weight excluding hydrogens is 731 g/mol. The molecule has 5 atom stereocenters. The Morgan fingerprint density at radius 1 is 0.818 bits per heavy atom. The predicted molar refractivity (Wildman–Crippen MR) is 202 cm³/mol. The van der Waals surface area contributed by atoms with Crippen LogP contribution in [0.15, 0.2) is 91.0 Å². The van der Waals surface area contributed by atoms with Crippen molar-refractivity contribution in [3.05, 3.63) is 108 Å². The lowest BCUT2D eigenvalue weighted by Gasteiger charge is -2.31. The Bertz CT molecular complexity index is 1750. The molecule has 0 spiro atoms. The highest BCUT2D eigenvalue weighted by Crippen LogP contribution is 2.53. The highest BCUT2D eigenvalue weighted by Gasteiger charge is 2.43. The van der Waals surface area contributed by atoms with E-state index in [9.17, 15) is 33.6 Å². The molecule has 4 N–H and O–H groups in total. The first-order chi connectivity index (χ1) is 26.5. The molecule has 1 heterocycles. The smallest absolute Gasteiger partial charge is 0.408 e. The number of carboxylic acid groups (broad SMARTS) is 1. The van der Waals surface area contributed by atoms with E-state index in [-0.39, 0.29) is 45.6 Å². The summed E-state index contributed by atoms with van der Waals surface area (Å²) < 4.78 is 36.4. The monoisotopic (exact) mass is 780 g/mol. The molecule has 3 aromatic rings. The number of aliphatic carboxylic acids is 1. The molecule has 1 aliphatic heterocycles. The molecule has 15 nitrogen and oxygen atoms in total. The zero-order valence-electron chi connectivity index (χ0n) is 31.0. The van der Waals surface area contributed by atoms with Crippen LogP contribution in [0.5, 0.6) is 0 Å². The van der Waals surface area contributed by atoms with Gasteiger partial charge in [-0.25, -0.2) is 14.4 Å². The third-order valence-electron chi connectivity index (χ3n) is 8.91. The van der Waals surface area contributed by atoms with Crippen molar-refractivity contribution in [3.63, 3.8) is 0 Å². The summed E-state index contributed by atoms with van der Waals surface area (Å²) in [6, 6.07) is 24.8. The number of hydrogen-bond donors (Lipinski definition) is 4. The Morgan fingerprint density at radius 3 is 1.95 bits per heavy atom. The number of alkyl carbamates (subject to hydrolysis) is 2. The predicted octanol–water partition coefficient (Wildman–Crippen LogP) is 5.38. The first kappa shape index (κ1) is 42.5. The van der Waals surface area contributed by atoms with Gasteiger partial charge in [0.25, 0.3) is 5.91 Å². The van der Waals surface area contributed by atoms with Crippen molar-refractivity contribution in [2.45, 2.75) is 82.6 Å². The molecule has 2 unspecified atom stereocenters. The minimum absolute atomic E-state index is 0.0414. The van der Waals surface area contributed by atoms with Crippen LogP contribution in [0.3, 0.4) is 0 Å². The minimum atomic E-state index is -4.36. The summed E-state index contributed by atoms with van der Waals surface area (Å²) in [5.74, 6) is -3.88. The maximum atomic E-state index is 14.5. The van der Waals surface area contributed by atoms with Gasteiger partial charge in [-0.3, -0.25) is 18.7 Å². The third kappa shape index (κ3) is 13.5. The lowest BCUT2D eigenvalue weighted by molar-refractivity contribution is -0.151. The molecule has 296 valence electrons. The van der Waals surface area contributed by atoms with Gasteiger partial charge in [-0.15, -0.1) is 0 Å². The van der Waals surface area contributed by atoms with Gasteiger partial charge in [0.1, 0.15) is 37.2 Å². The van der Waals surface area contributed by atoms with Crippen molar-refractivity contribution < 1.29 is 52.2 Å². The van der Waals surface area contributed by atoms with Crippen LogP contribution in [-0.4, -0.2) is 84.1 Å². The van der Waals surface area contributed by atoms with E-state index in [1.807, 2.05) is 36.4 Å². The summed E-state index contributed by atoms with van der Waals surface area (Å²) in [5, 5.41) is 17.6. The van der Waals surface area contributed by atoms with Gasteiger partial charge < -0.3 is 40.0 Å². The number of unbranched alkanes of at least 4 members (excludes halogenated alkanes) is 1. The van der Waals surface area contributed by atoms with Crippen molar-refractivity contribution in [1.29, 1.82) is 0 Å². The van der Waals surface area contributed by atoms with Crippen LogP contribution in [0, 0.1) is 0 Å². The number of hydrogen-bond acceptors (Lipinski definition) is 10. The molecule has 0 saturated carbocycles. The summed E-state index contributed by atoms with van der Waals surface area (Å²) >= 11 is 0. The van der Waals surface area contributed by atoms with Gasteiger partial charge in [0, 0.05) is 26.6 Å². The maximum Gasteiger partial charge on any atom is 0.408 e. The Kier molecular flexibility index (Phi) is 16.7. The minimum Gasteiger partial charge on any atom is -0.480 e. The highest BCUT2D eigenvalue weighted by atomic mass is 31.2. The highest BCUT2D eigenvalue weighted by molar-refractivity contribution is 7.54. The van der Waals surface area contributed by atoms with Gasteiger partial charge in [-0.2, -0.15) is 0 Å². The van der Waals surface area contributed by atoms with Crippen molar-refractivity contribution in [2.24, 2.45) is 0 Å². The third-order valence-corrected chi connectivity index (χ3v) is 11.1. The number of likely N-dealkylation sites (tertiary alicyclic amines) is 1. The molecule has 0 bridgehead atoms. The van der Waals surface area contributed by atoms with E-state index in [1.54, 1.807) is 54.6 Å². The Balaban J connectivity index is 1.45. The second-order valence-corrected chi connectivity index (χ2v) is 15.2. The zero-order chi connectivity index (χ0) is 39.6. The fraction of sp³-hybridized carbons (Fsp3) is 0.410. The van der Waals surface area contributed by atoms with E-state index in [1.165, 1.54) is 11.8 Å². The number of ether oxygens (including phenoxy) is 2. The molecule has 4 amide bonds. The molecule has 0 aromatic heterocycles. The maximum absolute atomic E-state index is 14.5. The van der Waals surface area contributed by atoms with Crippen molar-refractivity contribution in [1.82, 2.24) is 20.9 Å². The normalized spacial score (nSPS) is 16.5. The summed E-state index contributed by atoms with van der Waals surface area (Å²) in [6.45, 7) is 1.84. The van der Waals surface area contributed by atoms with E-state index in [0.29, 0.717) is 24.8 Å². The number of amides is 4. The lowest BCUT2D eigenvalue weighted by atomic mass is 10.1. The second kappa shape index (κ2) is 21.6.